The summed E-state index contributed by atoms with van der Waals surface area (Å²) in [6.45, 7) is 0.0663. The minimum Gasteiger partial charge on any atom is -0.476 e. The van der Waals surface area contributed by atoms with Gasteiger partial charge in [0.1, 0.15) is 5.82 Å². The van der Waals surface area contributed by atoms with Gasteiger partial charge in [-0.15, -0.1) is 0 Å². The number of nitrogens with zero attached hydrogens (tertiary/aromatic N) is 2. The predicted octanol–water partition coefficient (Wildman–Crippen LogP) is 2.97. The minimum absolute atomic E-state index is 0.00800. The smallest absolute Gasteiger partial charge is 0.410 e. The third-order valence-corrected chi connectivity index (χ3v) is 4.21. The average Bonchev–Trinajstić information content (AvgIpc) is 3.18. The molecule has 0 bridgehead atoms. The Labute approximate surface area is 139 Å². The summed E-state index contributed by atoms with van der Waals surface area (Å²) in [5, 5.41) is 15.5. The zero-order valence-electron chi connectivity index (χ0n) is 12.6. The molecule has 0 unspecified atom stereocenters. The monoisotopic (exact) mass is 355 g/mol. The van der Waals surface area contributed by atoms with Crippen molar-refractivity contribution in [3.63, 3.8) is 0 Å². The normalized spacial score (nSPS) is 21.6. The van der Waals surface area contributed by atoms with E-state index in [1.165, 1.54) is 0 Å². The van der Waals surface area contributed by atoms with Crippen molar-refractivity contribution in [1.82, 2.24) is 9.78 Å². The molecule has 2 N–H and O–H groups in total. The number of carboxylic acid groups (broad SMARTS) is 1. The second-order valence-corrected chi connectivity index (χ2v) is 5.77. The lowest BCUT2D eigenvalue weighted by atomic mass is 9.96. The molecule has 2 aliphatic heterocycles. The zero-order valence-corrected chi connectivity index (χ0v) is 12.6. The summed E-state index contributed by atoms with van der Waals surface area (Å²) in [6, 6.07) is 3.41. The van der Waals surface area contributed by atoms with Gasteiger partial charge in [-0.05, 0) is 17.7 Å². The minimum atomic E-state index is -4.56. The van der Waals surface area contributed by atoms with E-state index in [2.05, 4.69) is 10.4 Å². The lowest BCUT2D eigenvalue weighted by Gasteiger charge is -2.33. The third-order valence-electron chi connectivity index (χ3n) is 4.21. The summed E-state index contributed by atoms with van der Waals surface area (Å²) in [5.41, 5.74) is 0.144. The van der Waals surface area contributed by atoms with Gasteiger partial charge in [-0.2, -0.15) is 18.3 Å². The van der Waals surface area contributed by atoms with Crippen molar-refractivity contribution in [2.45, 2.75) is 24.7 Å². The number of ether oxygens (including phenoxy) is 2. The molecule has 0 saturated carbocycles. The molecule has 2 atom stereocenters. The van der Waals surface area contributed by atoms with Gasteiger partial charge in [0.05, 0.1) is 6.04 Å². The number of fused-ring (bicyclic) bond motifs is 2. The van der Waals surface area contributed by atoms with Crippen molar-refractivity contribution in [1.29, 1.82) is 0 Å². The molecule has 0 fully saturated rings. The highest BCUT2D eigenvalue weighted by molar-refractivity contribution is 5.86. The van der Waals surface area contributed by atoms with Crippen LogP contribution in [0.2, 0.25) is 0 Å². The van der Waals surface area contributed by atoms with Crippen LogP contribution in [0.15, 0.2) is 24.3 Å². The Morgan fingerprint density at radius 3 is 2.76 bits per heavy atom. The van der Waals surface area contributed by atoms with Crippen LogP contribution < -0.4 is 14.8 Å². The number of halogens is 3. The first-order chi connectivity index (χ1) is 11.8. The quantitative estimate of drug-likeness (QED) is 0.861. The van der Waals surface area contributed by atoms with Gasteiger partial charge >= 0.3 is 12.1 Å². The Balaban J connectivity index is 1.73. The summed E-state index contributed by atoms with van der Waals surface area (Å²) in [4.78, 5) is 11.0. The summed E-state index contributed by atoms with van der Waals surface area (Å²) >= 11 is 0. The lowest BCUT2D eigenvalue weighted by Crippen LogP contribution is -2.35. The van der Waals surface area contributed by atoms with Crippen LogP contribution >= 0.6 is 0 Å². The molecule has 10 heteroatoms. The van der Waals surface area contributed by atoms with E-state index in [1.54, 1.807) is 18.2 Å². The molecule has 25 heavy (non-hydrogen) atoms. The molecule has 0 aliphatic carbocycles. The van der Waals surface area contributed by atoms with Crippen molar-refractivity contribution in [2.24, 2.45) is 0 Å². The van der Waals surface area contributed by atoms with Gasteiger partial charge in [-0.3, -0.25) is 0 Å². The van der Waals surface area contributed by atoms with Crippen LogP contribution in [0, 0.1) is 0 Å². The van der Waals surface area contributed by atoms with Crippen LogP contribution in [0.25, 0.3) is 0 Å². The van der Waals surface area contributed by atoms with Crippen LogP contribution in [0.3, 0.4) is 0 Å². The SMILES string of the molecule is O=C(O)c1cc2n(n1)[C@@H](C(F)(F)F)C[C@@H](c1ccc3c(c1)OCO3)N2. The summed E-state index contributed by atoms with van der Waals surface area (Å²) < 4.78 is 51.5. The van der Waals surface area contributed by atoms with E-state index in [0.717, 1.165) is 6.07 Å². The highest BCUT2D eigenvalue weighted by atomic mass is 19.4. The van der Waals surface area contributed by atoms with Crippen LogP contribution in [0.1, 0.15) is 34.6 Å². The topological polar surface area (TPSA) is 85.6 Å². The molecule has 0 radical (unpaired) electrons. The fourth-order valence-corrected chi connectivity index (χ4v) is 3.03. The van der Waals surface area contributed by atoms with Crippen molar-refractivity contribution in [3.8, 4) is 11.5 Å². The maximum absolute atomic E-state index is 13.5. The van der Waals surface area contributed by atoms with Crippen molar-refractivity contribution in [2.75, 3.05) is 12.1 Å². The van der Waals surface area contributed by atoms with Gasteiger partial charge in [-0.1, -0.05) is 6.07 Å². The number of anilines is 1. The van der Waals surface area contributed by atoms with E-state index < -0.39 is 29.9 Å². The van der Waals surface area contributed by atoms with Gasteiger partial charge in [0.25, 0.3) is 0 Å². The van der Waals surface area contributed by atoms with Crippen LogP contribution in [0.5, 0.6) is 11.5 Å². The Kier molecular flexibility index (Phi) is 3.31. The second kappa shape index (κ2) is 5.30. The Bertz CT molecular complexity index is 849. The number of carbonyl (C=O) groups is 1. The fraction of sp³-hybridized carbons (Fsp3) is 0.333. The standard InChI is InChI=1S/C15H12F3N3O4/c16-15(17,18)12-4-8(7-1-2-10-11(3-7)25-6-24-10)19-13-5-9(14(22)23)20-21(12)13/h1-3,5,8,12,19H,4,6H2,(H,22,23)/t8-,12+/m0/s1. The molecule has 4 rings (SSSR count). The van der Waals surface area contributed by atoms with Gasteiger partial charge in [0.2, 0.25) is 6.79 Å². The van der Waals surface area contributed by atoms with E-state index in [0.29, 0.717) is 21.7 Å². The number of carboxylic acids is 1. The molecule has 1 aromatic carbocycles. The molecular formula is C15H12F3N3O4. The molecule has 2 aromatic rings. The highest BCUT2D eigenvalue weighted by Gasteiger charge is 2.47. The molecule has 1 aromatic heterocycles. The predicted molar refractivity (Wildman–Crippen MR) is 77.8 cm³/mol. The number of benzene rings is 1. The van der Waals surface area contributed by atoms with Crippen LogP contribution in [-0.4, -0.2) is 33.8 Å². The Morgan fingerprint density at radius 1 is 1.28 bits per heavy atom. The number of alkyl halides is 3. The highest BCUT2D eigenvalue weighted by Crippen LogP contribution is 2.45. The van der Waals surface area contributed by atoms with E-state index in [9.17, 15) is 18.0 Å². The number of hydrogen-bond donors (Lipinski definition) is 2. The summed E-state index contributed by atoms with van der Waals surface area (Å²) in [7, 11) is 0. The van der Waals surface area contributed by atoms with E-state index >= 15 is 0 Å². The van der Waals surface area contributed by atoms with Gasteiger partial charge in [0.15, 0.2) is 23.2 Å². The number of rotatable bonds is 2. The van der Waals surface area contributed by atoms with Crippen molar-refractivity contribution in [3.05, 3.63) is 35.5 Å². The van der Waals surface area contributed by atoms with Crippen LogP contribution in [-0.2, 0) is 0 Å². The third kappa shape index (κ3) is 2.63. The summed E-state index contributed by atoms with van der Waals surface area (Å²) in [6.07, 6.45) is -4.88. The molecule has 3 heterocycles. The fourth-order valence-electron chi connectivity index (χ4n) is 3.03. The van der Waals surface area contributed by atoms with Gasteiger partial charge < -0.3 is 19.9 Å². The first-order valence-corrected chi connectivity index (χ1v) is 7.38. The van der Waals surface area contributed by atoms with E-state index in [4.69, 9.17) is 14.6 Å². The molecular weight excluding hydrogens is 343 g/mol. The molecule has 7 nitrogen and oxygen atoms in total. The number of hydrogen-bond acceptors (Lipinski definition) is 5. The first-order valence-electron chi connectivity index (χ1n) is 7.38. The number of nitrogens with one attached hydrogen (secondary N) is 1. The maximum Gasteiger partial charge on any atom is 0.410 e. The Hall–Kier alpha value is -2.91. The number of aromatic carboxylic acids is 1. The zero-order chi connectivity index (χ0) is 17.8. The molecule has 0 saturated heterocycles. The average molecular weight is 355 g/mol. The van der Waals surface area contributed by atoms with Gasteiger partial charge in [0, 0.05) is 12.5 Å². The van der Waals surface area contributed by atoms with Crippen molar-refractivity contribution >= 4 is 11.8 Å². The maximum atomic E-state index is 13.5. The first kappa shape index (κ1) is 15.6. The molecule has 2 aliphatic rings. The van der Waals surface area contributed by atoms with E-state index in [-0.39, 0.29) is 19.0 Å². The van der Waals surface area contributed by atoms with Gasteiger partial charge in [-0.25, -0.2) is 9.48 Å². The molecule has 0 amide bonds. The second-order valence-electron chi connectivity index (χ2n) is 5.77. The molecule has 0 spiro atoms. The van der Waals surface area contributed by atoms with E-state index in [1.807, 2.05) is 0 Å². The molecule has 132 valence electrons. The number of aromatic nitrogens is 2. The summed E-state index contributed by atoms with van der Waals surface area (Å²) in [5.74, 6) is -0.379. The lowest BCUT2D eigenvalue weighted by molar-refractivity contribution is -0.173. The largest absolute Gasteiger partial charge is 0.476 e. The van der Waals surface area contributed by atoms with Crippen molar-refractivity contribution < 1.29 is 32.5 Å². The van der Waals surface area contributed by atoms with Crippen LogP contribution in [0.4, 0.5) is 19.0 Å². The Morgan fingerprint density at radius 2 is 2.04 bits per heavy atom.